The van der Waals surface area contributed by atoms with E-state index in [0.717, 1.165) is 31.1 Å². The first-order valence-electron chi connectivity index (χ1n) is 8.31. The zero-order valence-electron chi connectivity index (χ0n) is 14.3. The Kier molecular flexibility index (Phi) is 5.56. The Hall–Kier alpha value is -3.13. The Labute approximate surface area is 160 Å². The van der Waals surface area contributed by atoms with E-state index < -0.39 is 22.4 Å². The third-order valence-corrected chi connectivity index (χ3v) is 4.49. The van der Waals surface area contributed by atoms with Crippen LogP contribution >= 0.6 is 11.6 Å². The highest BCUT2D eigenvalue weighted by molar-refractivity contribution is 6.31. The van der Waals surface area contributed by atoms with Crippen molar-refractivity contribution in [2.45, 2.75) is 12.8 Å². The minimum Gasteiger partial charge on any atom is -0.362 e. The average Bonchev–Trinajstić information content (AvgIpc) is 2.66. The molecule has 140 valence electrons. The first-order chi connectivity index (χ1) is 13.0. The Morgan fingerprint density at radius 2 is 1.96 bits per heavy atom. The van der Waals surface area contributed by atoms with Gasteiger partial charge in [0.2, 0.25) is 0 Å². The van der Waals surface area contributed by atoms with Crippen molar-refractivity contribution in [3.63, 3.8) is 0 Å². The standard InChI is InChI=1S/C18H17ClN4O4/c19-13-7-8-14(16(10-13)23(26)27)18(25)21-20-17(24)11-22-9-3-5-12-4-1-2-6-15(12)22/h1-2,4,6-8,10H,3,5,9,11H2,(H,20,24)(H,21,25). The third-order valence-electron chi connectivity index (χ3n) is 4.26. The van der Waals surface area contributed by atoms with Crippen LogP contribution in [0.2, 0.25) is 5.02 Å². The van der Waals surface area contributed by atoms with E-state index in [4.69, 9.17) is 11.6 Å². The molecule has 2 aromatic rings. The predicted octanol–water partition coefficient (Wildman–Crippen LogP) is 2.46. The van der Waals surface area contributed by atoms with Gasteiger partial charge in [0.25, 0.3) is 17.5 Å². The molecule has 1 aliphatic rings. The van der Waals surface area contributed by atoms with Crippen LogP contribution in [-0.4, -0.2) is 29.8 Å². The number of carbonyl (C=O) groups is 2. The van der Waals surface area contributed by atoms with E-state index in [1.165, 1.54) is 17.7 Å². The molecule has 0 spiro atoms. The quantitative estimate of drug-likeness (QED) is 0.618. The van der Waals surface area contributed by atoms with Gasteiger partial charge < -0.3 is 4.90 Å². The second-order valence-electron chi connectivity index (χ2n) is 6.07. The fourth-order valence-corrected chi connectivity index (χ4v) is 3.20. The molecule has 8 nitrogen and oxygen atoms in total. The van der Waals surface area contributed by atoms with Crippen molar-refractivity contribution in [1.29, 1.82) is 0 Å². The lowest BCUT2D eigenvalue weighted by Crippen LogP contribution is -2.47. The number of carbonyl (C=O) groups excluding carboxylic acids is 2. The first-order valence-corrected chi connectivity index (χ1v) is 8.69. The summed E-state index contributed by atoms with van der Waals surface area (Å²) in [6.07, 6.45) is 1.90. The Morgan fingerprint density at radius 3 is 2.74 bits per heavy atom. The van der Waals surface area contributed by atoms with Crippen molar-refractivity contribution in [3.05, 3.63) is 68.7 Å². The number of fused-ring (bicyclic) bond motifs is 1. The molecule has 1 heterocycles. The largest absolute Gasteiger partial charge is 0.362 e. The number of benzene rings is 2. The SMILES string of the molecule is O=C(CN1CCCc2ccccc21)NNC(=O)c1ccc(Cl)cc1[N+](=O)[O-]. The van der Waals surface area contributed by atoms with E-state index in [1.807, 2.05) is 29.2 Å². The number of amides is 2. The molecule has 0 saturated heterocycles. The molecule has 2 aromatic carbocycles. The zero-order chi connectivity index (χ0) is 19.4. The number of para-hydroxylation sites is 1. The molecule has 3 rings (SSSR count). The van der Waals surface area contributed by atoms with Crippen molar-refractivity contribution in [1.82, 2.24) is 10.9 Å². The predicted molar refractivity (Wildman–Crippen MR) is 101 cm³/mol. The second-order valence-corrected chi connectivity index (χ2v) is 6.51. The third kappa shape index (κ3) is 4.35. The van der Waals surface area contributed by atoms with Gasteiger partial charge in [0.1, 0.15) is 5.56 Å². The maximum atomic E-state index is 12.2. The summed E-state index contributed by atoms with van der Waals surface area (Å²) in [5.41, 5.74) is 6.08. The van der Waals surface area contributed by atoms with Gasteiger partial charge in [-0.15, -0.1) is 0 Å². The topological polar surface area (TPSA) is 105 Å². The molecule has 0 fully saturated rings. The highest BCUT2D eigenvalue weighted by atomic mass is 35.5. The van der Waals surface area contributed by atoms with E-state index in [1.54, 1.807) is 0 Å². The van der Waals surface area contributed by atoms with Crippen molar-refractivity contribution in [2.75, 3.05) is 18.0 Å². The highest BCUT2D eigenvalue weighted by Crippen LogP contribution is 2.26. The molecule has 1 aliphatic heterocycles. The average molecular weight is 389 g/mol. The Bertz CT molecular complexity index is 903. The van der Waals surface area contributed by atoms with Crippen LogP contribution in [0.5, 0.6) is 0 Å². The number of rotatable bonds is 4. The first kappa shape index (κ1) is 18.7. The summed E-state index contributed by atoms with van der Waals surface area (Å²) in [6, 6.07) is 11.6. The molecule has 0 saturated carbocycles. The van der Waals surface area contributed by atoms with Crippen molar-refractivity contribution in [2.24, 2.45) is 0 Å². The van der Waals surface area contributed by atoms with Crippen LogP contribution in [0, 0.1) is 10.1 Å². The number of aryl methyl sites for hydroxylation is 1. The summed E-state index contributed by atoms with van der Waals surface area (Å²) in [7, 11) is 0. The van der Waals surface area contributed by atoms with Gasteiger partial charge in [0, 0.05) is 23.3 Å². The molecule has 0 aromatic heterocycles. The van der Waals surface area contributed by atoms with Gasteiger partial charge in [-0.05, 0) is 36.6 Å². The van der Waals surface area contributed by atoms with E-state index in [0.29, 0.717) is 0 Å². The lowest BCUT2D eigenvalue weighted by Gasteiger charge is -2.30. The van der Waals surface area contributed by atoms with Gasteiger partial charge in [-0.1, -0.05) is 29.8 Å². The maximum Gasteiger partial charge on any atom is 0.283 e. The number of hydrazine groups is 1. The van der Waals surface area contributed by atoms with E-state index in [-0.39, 0.29) is 17.1 Å². The van der Waals surface area contributed by atoms with E-state index in [9.17, 15) is 19.7 Å². The van der Waals surface area contributed by atoms with Crippen LogP contribution in [0.1, 0.15) is 22.3 Å². The molecule has 0 atom stereocenters. The zero-order valence-corrected chi connectivity index (χ0v) is 15.0. The van der Waals surface area contributed by atoms with Gasteiger partial charge in [-0.25, -0.2) is 0 Å². The van der Waals surface area contributed by atoms with Gasteiger partial charge in [0.15, 0.2) is 0 Å². The van der Waals surface area contributed by atoms with Gasteiger partial charge >= 0.3 is 0 Å². The number of nitrogens with zero attached hydrogens (tertiary/aromatic N) is 2. The number of nitro benzene ring substituents is 1. The summed E-state index contributed by atoms with van der Waals surface area (Å²) in [4.78, 5) is 36.7. The summed E-state index contributed by atoms with van der Waals surface area (Å²) < 4.78 is 0. The minimum absolute atomic E-state index is 0.0694. The van der Waals surface area contributed by atoms with Gasteiger partial charge in [0.05, 0.1) is 11.5 Å². The smallest absolute Gasteiger partial charge is 0.283 e. The number of halogens is 1. The van der Waals surface area contributed by atoms with Crippen molar-refractivity contribution >= 4 is 34.8 Å². The van der Waals surface area contributed by atoms with E-state index in [2.05, 4.69) is 10.9 Å². The molecule has 2 N–H and O–H groups in total. The van der Waals surface area contributed by atoms with Crippen LogP contribution in [0.25, 0.3) is 0 Å². The number of hydrogen-bond acceptors (Lipinski definition) is 5. The molecular weight excluding hydrogens is 372 g/mol. The molecule has 0 radical (unpaired) electrons. The van der Waals surface area contributed by atoms with Gasteiger partial charge in [-0.2, -0.15) is 0 Å². The van der Waals surface area contributed by atoms with Crippen LogP contribution in [0.4, 0.5) is 11.4 Å². The maximum absolute atomic E-state index is 12.2. The summed E-state index contributed by atoms with van der Waals surface area (Å²) in [5.74, 6) is -1.21. The minimum atomic E-state index is -0.786. The van der Waals surface area contributed by atoms with Crippen LogP contribution in [-0.2, 0) is 11.2 Å². The Morgan fingerprint density at radius 1 is 1.19 bits per heavy atom. The number of nitro groups is 1. The molecule has 0 aliphatic carbocycles. The Balaban J connectivity index is 1.62. The van der Waals surface area contributed by atoms with Crippen LogP contribution < -0.4 is 15.8 Å². The summed E-state index contributed by atoms with van der Waals surface area (Å²) in [5, 5.41) is 11.2. The lowest BCUT2D eigenvalue weighted by atomic mass is 10.0. The highest BCUT2D eigenvalue weighted by Gasteiger charge is 2.22. The molecular formula is C18H17ClN4O4. The molecule has 0 bridgehead atoms. The second kappa shape index (κ2) is 8.05. The van der Waals surface area contributed by atoms with Crippen LogP contribution in [0.3, 0.4) is 0 Å². The van der Waals surface area contributed by atoms with Crippen LogP contribution in [0.15, 0.2) is 42.5 Å². The molecule has 2 amide bonds. The molecule has 9 heteroatoms. The number of hydrogen-bond donors (Lipinski definition) is 2. The fourth-order valence-electron chi connectivity index (χ4n) is 3.03. The lowest BCUT2D eigenvalue weighted by molar-refractivity contribution is -0.385. The fraction of sp³-hybridized carbons (Fsp3) is 0.222. The summed E-state index contributed by atoms with van der Waals surface area (Å²) in [6.45, 7) is 0.807. The van der Waals surface area contributed by atoms with Crippen molar-refractivity contribution in [3.8, 4) is 0 Å². The monoisotopic (exact) mass is 388 g/mol. The van der Waals surface area contributed by atoms with Crippen molar-refractivity contribution < 1.29 is 14.5 Å². The number of anilines is 1. The molecule has 27 heavy (non-hydrogen) atoms. The van der Waals surface area contributed by atoms with E-state index >= 15 is 0 Å². The molecule has 0 unspecified atom stereocenters. The number of nitrogens with one attached hydrogen (secondary N) is 2. The summed E-state index contributed by atoms with van der Waals surface area (Å²) >= 11 is 5.73. The van der Waals surface area contributed by atoms with Gasteiger partial charge in [-0.3, -0.25) is 30.6 Å². The normalized spacial score (nSPS) is 12.9.